The van der Waals surface area contributed by atoms with Crippen molar-refractivity contribution < 1.29 is 5.11 Å². The Kier molecular flexibility index (Phi) is 4.48. The summed E-state index contributed by atoms with van der Waals surface area (Å²) in [7, 11) is 0. The van der Waals surface area contributed by atoms with Crippen LogP contribution in [0.25, 0.3) is 0 Å². The van der Waals surface area contributed by atoms with Crippen molar-refractivity contribution in [3.05, 3.63) is 51.7 Å². The van der Waals surface area contributed by atoms with Gasteiger partial charge in [-0.25, -0.2) is 4.68 Å². The molecule has 2 heterocycles. The summed E-state index contributed by atoms with van der Waals surface area (Å²) >= 11 is 5.96. The minimum Gasteiger partial charge on any atom is -0.394 e. The fourth-order valence-electron chi connectivity index (χ4n) is 1.53. The molecule has 7 heteroatoms. The Hall–Kier alpha value is -1.92. The summed E-state index contributed by atoms with van der Waals surface area (Å²) in [5.41, 5.74) is 0.853. The summed E-state index contributed by atoms with van der Waals surface area (Å²) in [5.74, 6) is 0. The molecule has 0 spiro atoms. The lowest BCUT2D eigenvalue weighted by Gasteiger charge is -2.09. The molecule has 0 radical (unpaired) electrons. The number of nitrogens with one attached hydrogen (secondary N) is 1. The molecule has 0 unspecified atom stereocenters. The maximum Gasteiger partial charge on any atom is 0.287 e. The van der Waals surface area contributed by atoms with Gasteiger partial charge in [0.05, 0.1) is 37.3 Å². The van der Waals surface area contributed by atoms with E-state index in [0.717, 1.165) is 10.4 Å². The standard InChI is InChI=1S/C12H13ClN4O2/c13-11-10(8-16-17(5-6-18)12(11)19)15-7-9-3-1-2-4-14-9/h1-4,8,15,18H,5-7H2. The molecule has 0 aromatic carbocycles. The molecule has 2 aromatic rings. The lowest BCUT2D eigenvalue weighted by molar-refractivity contribution is 0.266. The van der Waals surface area contributed by atoms with Crippen molar-refractivity contribution in [1.29, 1.82) is 0 Å². The lowest BCUT2D eigenvalue weighted by atomic mass is 10.3. The molecule has 19 heavy (non-hydrogen) atoms. The molecule has 0 bridgehead atoms. The van der Waals surface area contributed by atoms with Crippen molar-refractivity contribution in [2.24, 2.45) is 0 Å². The molecule has 0 fully saturated rings. The SMILES string of the molecule is O=c1c(Cl)c(NCc2ccccn2)cnn1CCO. The summed E-state index contributed by atoms with van der Waals surface area (Å²) in [6.07, 6.45) is 3.15. The summed E-state index contributed by atoms with van der Waals surface area (Å²) in [5, 5.41) is 15.8. The highest BCUT2D eigenvalue weighted by Gasteiger charge is 2.08. The quantitative estimate of drug-likeness (QED) is 0.850. The number of pyridine rings is 1. The Balaban J connectivity index is 2.13. The molecule has 0 saturated heterocycles. The monoisotopic (exact) mass is 280 g/mol. The zero-order valence-corrected chi connectivity index (χ0v) is 10.8. The summed E-state index contributed by atoms with van der Waals surface area (Å²) in [4.78, 5) is 15.9. The van der Waals surface area contributed by atoms with Crippen LogP contribution in [0.1, 0.15) is 5.69 Å². The fourth-order valence-corrected chi connectivity index (χ4v) is 1.74. The first kappa shape index (κ1) is 13.5. The maximum atomic E-state index is 11.8. The number of aliphatic hydroxyl groups is 1. The Morgan fingerprint density at radius 1 is 1.42 bits per heavy atom. The van der Waals surface area contributed by atoms with Crippen molar-refractivity contribution in [2.45, 2.75) is 13.1 Å². The lowest BCUT2D eigenvalue weighted by Crippen LogP contribution is -2.25. The largest absolute Gasteiger partial charge is 0.394 e. The van der Waals surface area contributed by atoms with Gasteiger partial charge in [0.2, 0.25) is 0 Å². The molecule has 0 atom stereocenters. The molecule has 100 valence electrons. The van der Waals surface area contributed by atoms with Crippen LogP contribution >= 0.6 is 11.6 Å². The van der Waals surface area contributed by atoms with Crippen LogP contribution in [-0.4, -0.2) is 26.5 Å². The maximum absolute atomic E-state index is 11.8. The van der Waals surface area contributed by atoms with Crippen molar-refractivity contribution in [1.82, 2.24) is 14.8 Å². The Bertz CT molecular complexity index is 600. The smallest absolute Gasteiger partial charge is 0.287 e. The van der Waals surface area contributed by atoms with Gasteiger partial charge in [-0.05, 0) is 12.1 Å². The van der Waals surface area contributed by atoms with Crippen LogP contribution in [0.3, 0.4) is 0 Å². The van der Waals surface area contributed by atoms with Crippen LogP contribution < -0.4 is 10.9 Å². The number of hydrogen-bond acceptors (Lipinski definition) is 5. The fraction of sp³-hybridized carbons (Fsp3) is 0.250. The number of nitrogens with zero attached hydrogens (tertiary/aromatic N) is 3. The first-order valence-electron chi connectivity index (χ1n) is 5.72. The number of halogens is 1. The van der Waals surface area contributed by atoms with E-state index in [2.05, 4.69) is 15.4 Å². The van der Waals surface area contributed by atoms with E-state index in [4.69, 9.17) is 16.7 Å². The van der Waals surface area contributed by atoms with Gasteiger partial charge in [0.25, 0.3) is 5.56 Å². The van der Waals surface area contributed by atoms with E-state index in [1.54, 1.807) is 6.20 Å². The van der Waals surface area contributed by atoms with Gasteiger partial charge in [0.1, 0.15) is 5.02 Å². The summed E-state index contributed by atoms with van der Waals surface area (Å²) in [6.45, 7) is 0.411. The molecule has 6 nitrogen and oxygen atoms in total. The number of aliphatic hydroxyl groups excluding tert-OH is 1. The van der Waals surface area contributed by atoms with Gasteiger partial charge in [-0.1, -0.05) is 17.7 Å². The topological polar surface area (TPSA) is 80.0 Å². The molecule has 0 aliphatic rings. The second-order valence-corrected chi connectivity index (χ2v) is 4.18. The number of anilines is 1. The molecule has 0 aliphatic heterocycles. The molecule has 0 saturated carbocycles. The molecule has 2 N–H and O–H groups in total. The summed E-state index contributed by atoms with van der Waals surface area (Å²) in [6, 6.07) is 5.57. The van der Waals surface area contributed by atoms with Gasteiger partial charge in [-0.2, -0.15) is 5.10 Å². The van der Waals surface area contributed by atoms with Gasteiger partial charge in [-0.15, -0.1) is 0 Å². The van der Waals surface area contributed by atoms with Crippen molar-refractivity contribution in [3.63, 3.8) is 0 Å². The van der Waals surface area contributed by atoms with Crippen molar-refractivity contribution in [3.8, 4) is 0 Å². The predicted octanol–water partition coefficient (Wildman–Crippen LogP) is 0.896. The van der Waals surface area contributed by atoms with Gasteiger partial charge < -0.3 is 10.4 Å². The Morgan fingerprint density at radius 2 is 2.26 bits per heavy atom. The average Bonchev–Trinajstić information content (AvgIpc) is 2.44. The third-order valence-electron chi connectivity index (χ3n) is 2.48. The minimum absolute atomic E-state index is 0.0550. The van der Waals surface area contributed by atoms with Crippen molar-refractivity contribution >= 4 is 17.3 Å². The number of rotatable bonds is 5. The molecule has 0 aliphatic carbocycles. The van der Waals surface area contributed by atoms with E-state index < -0.39 is 5.56 Å². The van der Waals surface area contributed by atoms with Crippen LogP contribution in [0.5, 0.6) is 0 Å². The van der Waals surface area contributed by atoms with Gasteiger partial charge >= 0.3 is 0 Å². The van der Waals surface area contributed by atoms with Crippen LogP contribution in [0.4, 0.5) is 5.69 Å². The highest BCUT2D eigenvalue weighted by Crippen LogP contribution is 2.15. The molecule has 0 amide bonds. The summed E-state index contributed by atoms with van der Waals surface area (Å²) < 4.78 is 1.12. The van der Waals surface area contributed by atoms with Crippen molar-refractivity contribution in [2.75, 3.05) is 11.9 Å². The van der Waals surface area contributed by atoms with Gasteiger partial charge in [0, 0.05) is 6.20 Å². The van der Waals surface area contributed by atoms with E-state index >= 15 is 0 Å². The third-order valence-corrected chi connectivity index (χ3v) is 2.85. The second kappa shape index (κ2) is 6.31. The first-order valence-corrected chi connectivity index (χ1v) is 6.10. The highest BCUT2D eigenvalue weighted by atomic mass is 35.5. The molecule has 2 rings (SSSR count). The van der Waals surface area contributed by atoms with Gasteiger partial charge in [-0.3, -0.25) is 9.78 Å². The van der Waals surface area contributed by atoms with E-state index in [1.807, 2.05) is 18.2 Å². The molecule has 2 aromatic heterocycles. The van der Waals surface area contributed by atoms with E-state index in [9.17, 15) is 4.79 Å². The molecular weight excluding hydrogens is 268 g/mol. The zero-order valence-electron chi connectivity index (χ0n) is 10.1. The minimum atomic E-state index is -0.429. The van der Waals surface area contributed by atoms with E-state index in [1.165, 1.54) is 6.20 Å². The van der Waals surface area contributed by atoms with Crippen LogP contribution in [0.15, 0.2) is 35.4 Å². The van der Waals surface area contributed by atoms with Crippen LogP contribution in [-0.2, 0) is 13.1 Å². The average molecular weight is 281 g/mol. The zero-order chi connectivity index (χ0) is 13.7. The Labute approximate surface area is 114 Å². The third kappa shape index (κ3) is 3.30. The van der Waals surface area contributed by atoms with Gasteiger partial charge in [0.15, 0.2) is 0 Å². The Morgan fingerprint density at radius 3 is 2.95 bits per heavy atom. The second-order valence-electron chi connectivity index (χ2n) is 3.80. The number of aromatic nitrogens is 3. The normalized spacial score (nSPS) is 10.4. The highest BCUT2D eigenvalue weighted by molar-refractivity contribution is 6.32. The van der Waals surface area contributed by atoms with Crippen LogP contribution in [0, 0.1) is 0 Å². The first-order chi connectivity index (χ1) is 9.22. The van der Waals surface area contributed by atoms with E-state index in [-0.39, 0.29) is 18.2 Å². The molecular formula is C12H13ClN4O2. The number of hydrogen-bond donors (Lipinski definition) is 2. The van der Waals surface area contributed by atoms with E-state index in [0.29, 0.717) is 12.2 Å². The van der Waals surface area contributed by atoms with Crippen LogP contribution in [0.2, 0.25) is 5.02 Å². The predicted molar refractivity (Wildman–Crippen MR) is 72.2 cm³/mol.